The number of rotatable bonds is 7. The Morgan fingerprint density at radius 1 is 1.10 bits per heavy atom. The van der Waals surface area contributed by atoms with Crippen molar-refractivity contribution >= 4 is 17.6 Å². The largest absolute Gasteiger partial charge is 0.484 e. The number of likely N-dealkylation sites (tertiary alicyclic amines) is 1. The van der Waals surface area contributed by atoms with Crippen LogP contribution in [0.3, 0.4) is 0 Å². The van der Waals surface area contributed by atoms with Crippen molar-refractivity contribution in [3.8, 4) is 5.75 Å². The maximum atomic E-state index is 12.4. The quantitative estimate of drug-likeness (QED) is 0.725. The van der Waals surface area contributed by atoms with Crippen LogP contribution in [-0.4, -0.2) is 48.2 Å². The Balaban J connectivity index is 1.41. The van der Waals surface area contributed by atoms with Crippen molar-refractivity contribution in [2.24, 2.45) is 0 Å². The third-order valence-corrected chi connectivity index (χ3v) is 5.01. The van der Waals surface area contributed by atoms with Gasteiger partial charge in [-0.25, -0.2) is 0 Å². The highest BCUT2D eigenvalue weighted by atomic mass is 16.5. The van der Waals surface area contributed by atoms with Crippen molar-refractivity contribution in [2.45, 2.75) is 39.2 Å². The number of hydrogen-bond donors (Lipinski definition) is 1. The molecule has 0 aliphatic carbocycles. The van der Waals surface area contributed by atoms with Gasteiger partial charge in [-0.1, -0.05) is 6.92 Å². The van der Waals surface area contributed by atoms with Crippen molar-refractivity contribution < 1.29 is 23.5 Å². The molecule has 1 aromatic heterocycles. The van der Waals surface area contributed by atoms with Crippen LogP contribution in [0.2, 0.25) is 0 Å². The molecule has 0 unspecified atom stereocenters. The van der Waals surface area contributed by atoms with Crippen LogP contribution < -0.4 is 10.1 Å². The van der Waals surface area contributed by atoms with Crippen molar-refractivity contribution in [3.05, 3.63) is 53.5 Å². The van der Waals surface area contributed by atoms with Crippen LogP contribution in [0.4, 0.5) is 0 Å². The van der Waals surface area contributed by atoms with Crippen LogP contribution in [0.15, 0.2) is 40.8 Å². The zero-order valence-corrected chi connectivity index (χ0v) is 16.8. The highest BCUT2D eigenvalue weighted by molar-refractivity contribution is 5.95. The number of ketones is 1. The van der Waals surface area contributed by atoms with Gasteiger partial charge in [-0.2, -0.15) is 0 Å². The standard InChI is InChI=1S/C22H26N2O5/c1-3-19(25)16-5-7-18(8-6-16)28-14-21(26)24-12-10-17(11-13-24)23-22(27)20-9-4-15(2)29-20/h4-9,17H,3,10-14H2,1-2H3,(H,23,27). The normalized spacial score (nSPS) is 14.5. The lowest BCUT2D eigenvalue weighted by Crippen LogP contribution is -2.47. The van der Waals surface area contributed by atoms with E-state index in [1.807, 2.05) is 6.92 Å². The molecule has 2 heterocycles. The maximum absolute atomic E-state index is 12.4. The van der Waals surface area contributed by atoms with Gasteiger partial charge in [-0.05, 0) is 56.2 Å². The molecule has 1 aliphatic heterocycles. The van der Waals surface area contributed by atoms with Gasteiger partial charge >= 0.3 is 0 Å². The summed E-state index contributed by atoms with van der Waals surface area (Å²) in [4.78, 5) is 37.9. The molecule has 0 spiro atoms. The molecule has 7 heteroatoms. The molecular weight excluding hydrogens is 372 g/mol. The summed E-state index contributed by atoms with van der Waals surface area (Å²) in [6.07, 6.45) is 1.83. The minimum atomic E-state index is -0.226. The second kappa shape index (κ2) is 9.41. The monoisotopic (exact) mass is 398 g/mol. The van der Waals surface area contributed by atoms with E-state index in [-0.39, 0.29) is 30.2 Å². The zero-order valence-electron chi connectivity index (χ0n) is 16.8. The van der Waals surface area contributed by atoms with Gasteiger partial charge in [-0.3, -0.25) is 14.4 Å². The lowest BCUT2D eigenvalue weighted by molar-refractivity contribution is -0.134. The SMILES string of the molecule is CCC(=O)c1ccc(OCC(=O)N2CCC(NC(=O)c3ccc(C)o3)CC2)cc1. The first kappa shape index (κ1) is 20.6. The van der Waals surface area contributed by atoms with E-state index >= 15 is 0 Å². The molecule has 0 saturated carbocycles. The number of nitrogens with zero attached hydrogens (tertiary/aromatic N) is 1. The smallest absolute Gasteiger partial charge is 0.287 e. The number of Topliss-reactive ketones (excluding diaryl/α,β-unsaturated/α-hetero) is 1. The Labute approximate surface area is 170 Å². The van der Waals surface area contributed by atoms with Crippen molar-refractivity contribution in [1.82, 2.24) is 10.2 Å². The van der Waals surface area contributed by atoms with Gasteiger partial charge in [0, 0.05) is 31.1 Å². The summed E-state index contributed by atoms with van der Waals surface area (Å²) in [5, 5.41) is 2.96. The van der Waals surface area contributed by atoms with Crippen LogP contribution in [0.1, 0.15) is 52.9 Å². The molecule has 29 heavy (non-hydrogen) atoms. The van der Waals surface area contributed by atoms with Crippen molar-refractivity contribution in [3.63, 3.8) is 0 Å². The van der Waals surface area contributed by atoms with E-state index in [1.54, 1.807) is 48.2 Å². The zero-order chi connectivity index (χ0) is 20.8. The van der Waals surface area contributed by atoms with Crippen LogP contribution in [0.5, 0.6) is 5.75 Å². The lowest BCUT2D eigenvalue weighted by atomic mass is 10.0. The minimum absolute atomic E-state index is 0.0153. The van der Waals surface area contributed by atoms with Gasteiger partial charge in [0.2, 0.25) is 0 Å². The fourth-order valence-corrected chi connectivity index (χ4v) is 3.26. The fraction of sp³-hybridized carbons (Fsp3) is 0.409. The Kier molecular flexibility index (Phi) is 6.69. The van der Waals surface area contributed by atoms with Gasteiger partial charge in [0.05, 0.1) is 0 Å². The summed E-state index contributed by atoms with van der Waals surface area (Å²) in [5.41, 5.74) is 0.639. The molecule has 1 N–H and O–H groups in total. The second-order valence-electron chi connectivity index (χ2n) is 7.13. The molecule has 3 rings (SSSR count). The Morgan fingerprint density at radius 3 is 2.38 bits per heavy atom. The van der Waals surface area contributed by atoms with E-state index in [1.165, 1.54) is 0 Å². The summed E-state index contributed by atoms with van der Waals surface area (Å²) in [7, 11) is 0. The first-order valence-electron chi connectivity index (χ1n) is 9.87. The topological polar surface area (TPSA) is 88.9 Å². The van der Waals surface area contributed by atoms with Gasteiger partial charge in [0.15, 0.2) is 18.2 Å². The molecule has 0 radical (unpaired) electrons. The number of nitrogens with one attached hydrogen (secondary N) is 1. The summed E-state index contributed by atoms with van der Waals surface area (Å²) in [5.74, 6) is 1.32. The molecule has 0 atom stereocenters. The van der Waals surface area contributed by atoms with Gasteiger partial charge in [0.1, 0.15) is 11.5 Å². The molecule has 1 aliphatic rings. The van der Waals surface area contributed by atoms with Gasteiger partial charge in [0.25, 0.3) is 11.8 Å². The average Bonchev–Trinajstić information content (AvgIpc) is 3.19. The number of aryl methyl sites for hydroxylation is 1. The third-order valence-electron chi connectivity index (χ3n) is 5.01. The Morgan fingerprint density at radius 2 is 1.79 bits per heavy atom. The van der Waals surface area contributed by atoms with E-state index < -0.39 is 0 Å². The highest BCUT2D eigenvalue weighted by Crippen LogP contribution is 2.16. The number of ether oxygens (including phenoxy) is 1. The summed E-state index contributed by atoms with van der Waals surface area (Å²) in [6.45, 7) is 4.69. The van der Waals surface area contributed by atoms with E-state index in [0.717, 1.165) is 0 Å². The molecule has 1 aromatic carbocycles. The second-order valence-corrected chi connectivity index (χ2v) is 7.13. The van der Waals surface area contributed by atoms with Crippen LogP contribution in [-0.2, 0) is 4.79 Å². The fourth-order valence-electron chi connectivity index (χ4n) is 3.26. The van der Waals surface area contributed by atoms with E-state index in [2.05, 4.69) is 5.32 Å². The number of amides is 2. The molecule has 1 saturated heterocycles. The van der Waals surface area contributed by atoms with Crippen LogP contribution in [0, 0.1) is 6.92 Å². The number of hydrogen-bond acceptors (Lipinski definition) is 5. The minimum Gasteiger partial charge on any atom is -0.484 e. The summed E-state index contributed by atoms with van der Waals surface area (Å²) < 4.78 is 10.9. The Bertz CT molecular complexity index is 864. The third kappa shape index (κ3) is 5.47. The molecule has 1 fully saturated rings. The Hall–Kier alpha value is -3.09. The lowest BCUT2D eigenvalue weighted by Gasteiger charge is -2.32. The van der Waals surface area contributed by atoms with Crippen molar-refractivity contribution in [2.75, 3.05) is 19.7 Å². The van der Waals surface area contributed by atoms with Crippen LogP contribution in [0.25, 0.3) is 0 Å². The number of piperidine rings is 1. The predicted octanol–water partition coefficient (Wildman–Crippen LogP) is 2.98. The van der Waals surface area contributed by atoms with E-state index in [9.17, 15) is 14.4 Å². The van der Waals surface area contributed by atoms with Gasteiger partial charge < -0.3 is 19.4 Å². The van der Waals surface area contributed by atoms with Crippen LogP contribution >= 0.6 is 0 Å². The molecule has 0 bridgehead atoms. The van der Waals surface area contributed by atoms with Gasteiger partial charge in [-0.15, -0.1) is 0 Å². The van der Waals surface area contributed by atoms with E-state index in [0.29, 0.717) is 55.2 Å². The summed E-state index contributed by atoms with van der Waals surface area (Å²) >= 11 is 0. The van der Waals surface area contributed by atoms with E-state index in [4.69, 9.17) is 9.15 Å². The first-order chi connectivity index (χ1) is 14.0. The maximum Gasteiger partial charge on any atom is 0.287 e. The number of carbonyl (C=O) groups is 3. The van der Waals surface area contributed by atoms with Crippen molar-refractivity contribution in [1.29, 1.82) is 0 Å². The average molecular weight is 398 g/mol. The molecule has 2 aromatic rings. The predicted molar refractivity (Wildman–Crippen MR) is 107 cm³/mol. The molecule has 154 valence electrons. The number of benzene rings is 1. The first-order valence-corrected chi connectivity index (χ1v) is 9.87. The summed E-state index contributed by atoms with van der Waals surface area (Å²) in [6, 6.07) is 10.3. The highest BCUT2D eigenvalue weighted by Gasteiger charge is 2.25. The number of carbonyl (C=O) groups excluding carboxylic acids is 3. The molecule has 7 nitrogen and oxygen atoms in total. The molecule has 2 amide bonds. The molecular formula is C22H26N2O5. The number of furan rings is 1.